The van der Waals surface area contributed by atoms with Crippen LogP contribution in [-0.2, 0) is 25.4 Å². The Balaban J connectivity index is 1.70. The number of benzene rings is 1. The predicted octanol–water partition coefficient (Wildman–Crippen LogP) is 1.13. The quantitative estimate of drug-likeness (QED) is 0.722. The molecule has 0 aliphatic heterocycles. The highest BCUT2D eigenvalue weighted by Crippen LogP contribution is 2.14. The van der Waals surface area contributed by atoms with Crippen molar-refractivity contribution >= 4 is 22.8 Å². The van der Waals surface area contributed by atoms with Crippen LogP contribution in [0.5, 0.6) is 0 Å². The van der Waals surface area contributed by atoms with E-state index in [1.165, 1.54) is 25.0 Å². The predicted molar refractivity (Wildman–Crippen MR) is 94.4 cm³/mol. The number of nitrogens with one attached hydrogen (secondary N) is 1. The topological polar surface area (TPSA) is 90.9 Å². The molecule has 0 unspecified atom stereocenters. The molecule has 3 rings (SSSR count). The molecule has 0 aliphatic rings. The van der Waals surface area contributed by atoms with Crippen LogP contribution in [0.1, 0.15) is 12.8 Å². The number of aromatic nitrogens is 4. The zero-order chi connectivity index (χ0) is 19.7. The molecular formula is C17H17F2N5O3. The molecule has 0 radical (unpaired) electrons. The third-order valence-electron chi connectivity index (χ3n) is 4.17. The Morgan fingerprint density at radius 1 is 1.11 bits per heavy atom. The summed E-state index contributed by atoms with van der Waals surface area (Å²) in [5.74, 6) is -1.97. The minimum Gasteiger partial charge on any atom is -0.326 e. The number of aryl methyl sites for hydroxylation is 2. The van der Waals surface area contributed by atoms with Gasteiger partial charge in [-0.05, 0) is 18.6 Å². The Kier molecular flexibility index (Phi) is 4.89. The van der Waals surface area contributed by atoms with Gasteiger partial charge in [-0.1, -0.05) is 0 Å². The molecule has 1 aromatic carbocycles. The van der Waals surface area contributed by atoms with Crippen molar-refractivity contribution in [1.82, 2.24) is 18.7 Å². The number of rotatable bonds is 5. The summed E-state index contributed by atoms with van der Waals surface area (Å²) < 4.78 is 30.1. The molecule has 1 N–H and O–H groups in total. The van der Waals surface area contributed by atoms with E-state index in [-0.39, 0.29) is 23.3 Å². The summed E-state index contributed by atoms with van der Waals surface area (Å²) in [6.45, 7) is 0.314. The maximum absolute atomic E-state index is 13.1. The fourth-order valence-electron chi connectivity index (χ4n) is 2.83. The van der Waals surface area contributed by atoms with Crippen LogP contribution in [0, 0.1) is 11.6 Å². The summed E-state index contributed by atoms with van der Waals surface area (Å²) in [5, 5.41) is 2.42. The second kappa shape index (κ2) is 7.14. The molecule has 27 heavy (non-hydrogen) atoms. The maximum Gasteiger partial charge on any atom is 0.332 e. The molecule has 0 saturated carbocycles. The van der Waals surface area contributed by atoms with E-state index < -0.39 is 28.8 Å². The third kappa shape index (κ3) is 3.64. The van der Waals surface area contributed by atoms with Crippen molar-refractivity contribution in [3.8, 4) is 0 Å². The first-order valence-electron chi connectivity index (χ1n) is 8.14. The van der Waals surface area contributed by atoms with E-state index in [0.717, 1.165) is 16.7 Å². The smallest absolute Gasteiger partial charge is 0.326 e. The number of amides is 1. The highest BCUT2D eigenvalue weighted by atomic mass is 19.1. The van der Waals surface area contributed by atoms with Crippen molar-refractivity contribution in [2.24, 2.45) is 14.1 Å². The lowest BCUT2D eigenvalue weighted by Crippen LogP contribution is -2.37. The standard InChI is InChI=1S/C17H17F2N5O3/c1-22-15-14(16(26)23(2)17(22)27)24(9-20-15)5-3-4-13(25)21-12-7-10(18)6-11(19)8-12/h6-9H,3-5H2,1-2H3,(H,21,25). The average Bonchev–Trinajstić information content (AvgIpc) is 3.01. The molecule has 8 nitrogen and oxygen atoms in total. The number of hydrogen-bond donors (Lipinski definition) is 1. The average molecular weight is 377 g/mol. The van der Waals surface area contributed by atoms with Gasteiger partial charge in [0.2, 0.25) is 5.91 Å². The SMILES string of the molecule is Cn1c(=O)c2c(ncn2CCCC(=O)Nc2cc(F)cc(F)c2)n(C)c1=O. The van der Waals surface area contributed by atoms with Crippen molar-refractivity contribution in [2.75, 3.05) is 5.32 Å². The van der Waals surface area contributed by atoms with E-state index in [0.29, 0.717) is 19.0 Å². The van der Waals surface area contributed by atoms with Gasteiger partial charge >= 0.3 is 5.69 Å². The Hall–Kier alpha value is -3.30. The fraction of sp³-hybridized carbons (Fsp3) is 0.294. The Labute approximate surface area is 151 Å². The van der Waals surface area contributed by atoms with Crippen LogP contribution in [0.15, 0.2) is 34.1 Å². The highest BCUT2D eigenvalue weighted by molar-refractivity contribution is 5.90. The molecule has 3 aromatic rings. The number of hydrogen-bond acceptors (Lipinski definition) is 4. The van der Waals surface area contributed by atoms with Gasteiger partial charge in [0.05, 0.1) is 6.33 Å². The molecule has 0 fully saturated rings. The lowest BCUT2D eigenvalue weighted by atomic mass is 10.2. The van der Waals surface area contributed by atoms with Gasteiger partial charge < -0.3 is 9.88 Å². The molecule has 0 bridgehead atoms. The minimum absolute atomic E-state index is 0.0365. The second-order valence-corrected chi connectivity index (χ2v) is 6.13. The zero-order valence-electron chi connectivity index (χ0n) is 14.7. The largest absolute Gasteiger partial charge is 0.332 e. The van der Waals surface area contributed by atoms with Crippen molar-refractivity contribution in [3.05, 3.63) is 57.0 Å². The zero-order valence-corrected chi connectivity index (χ0v) is 14.7. The monoisotopic (exact) mass is 377 g/mol. The number of carbonyl (C=O) groups excluding carboxylic acids is 1. The van der Waals surface area contributed by atoms with Crippen molar-refractivity contribution in [3.63, 3.8) is 0 Å². The molecule has 10 heteroatoms. The van der Waals surface area contributed by atoms with Crippen LogP contribution in [-0.4, -0.2) is 24.6 Å². The fourth-order valence-corrected chi connectivity index (χ4v) is 2.83. The van der Waals surface area contributed by atoms with Crippen LogP contribution in [0.4, 0.5) is 14.5 Å². The molecule has 142 valence electrons. The van der Waals surface area contributed by atoms with Gasteiger partial charge in [-0.25, -0.2) is 18.6 Å². The summed E-state index contributed by atoms with van der Waals surface area (Å²) in [6.07, 6.45) is 1.87. The molecule has 2 heterocycles. The van der Waals surface area contributed by atoms with E-state index >= 15 is 0 Å². The van der Waals surface area contributed by atoms with E-state index in [4.69, 9.17) is 0 Å². The molecular weight excluding hydrogens is 360 g/mol. The summed E-state index contributed by atoms with van der Waals surface area (Å²) >= 11 is 0. The molecule has 2 aromatic heterocycles. The van der Waals surface area contributed by atoms with E-state index in [1.807, 2.05) is 0 Å². The Morgan fingerprint density at radius 2 is 1.78 bits per heavy atom. The van der Waals surface area contributed by atoms with Gasteiger partial charge in [0, 0.05) is 38.8 Å². The Bertz CT molecular complexity index is 1130. The second-order valence-electron chi connectivity index (χ2n) is 6.13. The number of fused-ring (bicyclic) bond motifs is 1. The van der Waals surface area contributed by atoms with Crippen molar-refractivity contribution in [1.29, 1.82) is 0 Å². The van der Waals surface area contributed by atoms with Gasteiger partial charge in [0.25, 0.3) is 5.56 Å². The first-order valence-corrected chi connectivity index (χ1v) is 8.14. The highest BCUT2D eigenvalue weighted by Gasteiger charge is 2.14. The summed E-state index contributed by atoms with van der Waals surface area (Å²) in [7, 11) is 2.90. The van der Waals surface area contributed by atoms with Gasteiger partial charge in [0.1, 0.15) is 11.6 Å². The first-order chi connectivity index (χ1) is 12.8. The minimum atomic E-state index is -0.781. The first kappa shape index (κ1) is 18.5. The van der Waals surface area contributed by atoms with E-state index in [1.54, 1.807) is 4.57 Å². The van der Waals surface area contributed by atoms with Gasteiger partial charge in [-0.2, -0.15) is 0 Å². The summed E-state index contributed by atoms with van der Waals surface area (Å²) in [4.78, 5) is 40.3. The number of nitrogens with zero attached hydrogens (tertiary/aromatic N) is 4. The lowest BCUT2D eigenvalue weighted by molar-refractivity contribution is -0.116. The van der Waals surface area contributed by atoms with E-state index in [2.05, 4.69) is 10.3 Å². The molecule has 0 aliphatic carbocycles. The van der Waals surface area contributed by atoms with Crippen molar-refractivity contribution in [2.45, 2.75) is 19.4 Å². The number of carbonyl (C=O) groups is 1. The molecule has 0 spiro atoms. The number of imidazole rings is 1. The molecule has 1 amide bonds. The molecule has 0 atom stereocenters. The van der Waals surface area contributed by atoms with Crippen LogP contribution in [0.2, 0.25) is 0 Å². The maximum atomic E-state index is 13.1. The number of anilines is 1. The van der Waals surface area contributed by atoms with E-state index in [9.17, 15) is 23.2 Å². The van der Waals surface area contributed by atoms with Crippen LogP contribution < -0.4 is 16.6 Å². The summed E-state index contributed by atoms with van der Waals surface area (Å²) in [6, 6.07) is 2.76. The van der Waals surface area contributed by atoms with Gasteiger partial charge in [-0.15, -0.1) is 0 Å². The number of halogens is 2. The van der Waals surface area contributed by atoms with Gasteiger partial charge in [0.15, 0.2) is 11.2 Å². The summed E-state index contributed by atoms with van der Waals surface area (Å²) in [5.41, 5.74) is -0.366. The van der Waals surface area contributed by atoms with Crippen LogP contribution in [0.3, 0.4) is 0 Å². The third-order valence-corrected chi connectivity index (χ3v) is 4.17. The van der Waals surface area contributed by atoms with Crippen molar-refractivity contribution < 1.29 is 13.6 Å². The molecule has 0 saturated heterocycles. The lowest BCUT2D eigenvalue weighted by Gasteiger charge is -2.08. The van der Waals surface area contributed by atoms with Gasteiger partial charge in [-0.3, -0.25) is 18.7 Å². The van der Waals surface area contributed by atoms with Crippen LogP contribution in [0.25, 0.3) is 11.2 Å². The Morgan fingerprint density at radius 3 is 2.44 bits per heavy atom. The van der Waals surface area contributed by atoms with Crippen LogP contribution >= 0.6 is 0 Å². The normalized spacial score (nSPS) is 11.1.